The van der Waals surface area contributed by atoms with E-state index in [9.17, 15) is 24.7 Å². The van der Waals surface area contributed by atoms with Gasteiger partial charge in [0.05, 0.1) is 18.8 Å². The molecule has 0 spiro atoms. The number of rotatable bonds is 9. The zero-order valence-corrected chi connectivity index (χ0v) is 20.8. The van der Waals surface area contributed by atoms with Crippen LogP contribution in [-0.4, -0.2) is 64.7 Å². The molecule has 36 heavy (non-hydrogen) atoms. The molecular weight excluding hydrogens is 516 g/mol. The number of hydrogen-bond acceptors (Lipinski definition) is 11. The minimum absolute atomic E-state index is 0.0690. The largest absolute Gasteiger partial charge is 0.387 e. The van der Waals surface area contributed by atoms with Gasteiger partial charge in [0.2, 0.25) is 0 Å². The Bertz CT molecular complexity index is 1190. The minimum Gasteiger partial charge on any atom is -0.387 e. The standard InChI is InChI=1S/C21H27N3O10P2/c25-17-9-10-23(20-19(27)18(26)16(33-20)12-32-36(31)34-35(29)30)21(28)24(17)11-14-7-4-8-15(22-14)13-5-2-1-3-6-13/h1-2,5,7,9-10,16,18-20,26-27,29-31H,3-4,6,8,11-12H2. The second-order valence-corrected chi connectivity index (χ2v) is 10.2. The fourth-order valence-electron chi connectivity index (χ4n) is 4.18. The Morgan fingerprint density at radius 1 is 1.14 bits per heavy atom. The maximum Gasteiger partial charge on any atom is 0.337 e. The summed E-state index contributed by atoms with van der Waals surface area (Å²) in [6.45, 7) is -0.537. The molecule has 0 radical (unpaired) electrons. The van der Waals surface area contributed by atoms with Gasteiger partial charge in [0.1, 0.15) is 18.3 Å². The number of aliphatic hydroxyl groups is 2. The lowest BCUT2D eigenvalue weighted by atomic mass is 9.96. The van der Waals surface area contributed by atoms with Gasteiger partial charge < -0.3 is 34.2 Å². The highest BCUT2D eigenvalue weighted by Crippen LogP contribution is 2.46. The number of nitrogens with zero attached hydrogens (tertiary/aromatic N) is 3. The first kappa shape index (κ1) is 27.2. The Balaban J connectivity index is 1.51. The first-order valence-electron chi connectivity index (χ1n) is 11.2. The molecule has 1 saturated heterocycles. The molecule has 1 aliphatic carbocycles. The van der Waals surface area contributed by atoms with Crippen LogP contribution in [0.1, 0.15) is 31.9 Å². The van der Waals surface area contributed by atoms with E-state index in [0.29, 0.717) is 5.70 Å². The van der Waals surface area contributed by atoms with Crippen LogP contribution in [0.15, 0.2) is 62.4 Å². The van der Waals surface area contributed by atoms with E-state index in [0.717, 1.165) is 52.2 Å². The molecule has 0 bridgehead atoms. The monoisotopic (exact) mass is 543 g/mol. The number of ether oxygens (including phenoxy) is 1. The molecular formula is C21H27N3O10P2. The highest BCUT2D eigenvalue weighted by atomic mass is 31.2. The van der Waals surface area contributed by atoms with Crippen molar-refractivity contribution in [2.24, 2.45) is 4.99 Å². The van der Waals surface area contributed by atoms with Gasteiger partial charge >= 0.3 is 22.9 Å². The van der Waals surface area contributed by atoms with Crippen LogP contribution >= 0.6 is 17.2 Å². The molecule has 2 aliphatic heterocycles. The summed E-state index contributed by atoms with van der Waals surface area (Å²) in [4.78, 5) is 57.4. The average molecular weight is 543 g/mol. The van der Waals surface area contributed by atoms with E-state index >= 15 is 0 Å². The minimum atomic E-state index is -2.85. The van der Waals surface area contributed by atoms with Gasteiger partial charge in [-0.15, -0.1) is 0 Å². The van der Waals surface area contributed by atoms with Gasteiger partial charge in [0.25, 0.3) is 5.56 Å². The lowest BCUT2D eigenvalue weighted by molar-refractivity contribution is -0.0530. The topological polar surface area (TPSA) is 185 Å². The maximum absolute atomic E-state index is 13.2. The Hall–Kier alpha value is -1.89. The molecule has 0 amide bonds. The highest BCUT2D eigenvalue weighted by Gasteiger charge is 2.44. The third-order valence-electron chi connectivity index (χ3n) is 5.94. The Morgan fingerprint density at radius 2 is 1.94 bits per heavy atom. The zero-order valence-electron chi connectivity index (χ0n) is 19.0. The fourth-order valence-corrected chi connectivity index (χ4v) is 5.14. The van der Waals surface area contributed by atoms with Gasteiger partial charge in [-0.25, -0.2) is 9.11 Å². The van der Waals surface area contributed by atoms with E-state index in [-0.39, 0.29) is 6.54 Å². The predicted molar refractivity (Wildman–Crippen MR) is 130 cm³/mol. The van der Waals surface area contributed by atoms with Crippen LogP contribution in [0.2, 0.25) is 0 Å². The van der Waals surface area contributed by atoms with E-state index in [2.05, 4.69) is 15.4 Å². The molecule has 5 unspecified atom stereocenters. The molecule has 4 rings (SSSR count). The summed E-state index contributed by atoms with van der Waals surface area (Å²) < 4.78 is 16.8. The van der Waals surface area contributed by atoms with E-state index in [4.69, 9.17) is 19.0 Å². The molecule has 0 saturated carbocycles. The van der Waals surface area contributed by atoms with Crippen LogP contribution < -0.4 is 11.2 Å². The van der Waals surface area contributed by atoms with Gasteiger partial charge in [0, 0.05) is 18.0 Å². The van der Waals surface area contributed by atoms with E-state index in [1.807, 2.05) is 18.2 Å². The van der Waals surface area contributed by atoms with Crippen LogP contribution in [0.4, 0.5) is 0 Å². The van der Waals surface area contributed by atoms with Gasteiger partial charge in [-0.05, 0) is 31.3 Å². The summed E-state index contributed by atoms with van der Waals surface area (Å²) in [6, 6.07) is 1.15. The second-order valence-electron chi connectivity index (χ2n) is 8.30. The molecule has 1 aromatic heterocycles. The van der Waals surface area contributed by atoms with Crippen molar-refractivity contribution < 1.29 is 38.5 Å². The normalized spacial score (nSPS) is 27.1. The first-order valence-corrected chi connectivity index (χ1v) is 13.5. The summed E-state index contributed by atoms with van der Waals surface area (Å²) in [5.41, 5.74) is 1.33. The molecule has 5 N–H and O–H groups in total. The summed E-state index contributed by atoms with van der Waals surface area (Å²) in [5, 5.41) is 20.8. The molecule has 196 valence electrons. The van der Waals surface area contributed by atoms with Crippen molar-refractivity contribution in [3.63, 3.8) is 0 Å². The quantitative estimate of drug-likeness (QED) is 0.275. The lowest BCUT2D eigenvalue weighted by Gasteiger charge is -2.20. The first-order chi connectivity index (χ1) is 17.2. The third kappa shape index (κ3) is 6.32. The Labute approximate surface area is 207 Å². The molecule has 1 aromatic rings. The second kappa shape index (κ2) is 12.1. The van der Waals surface area contributed by atoms with Crippen molar-refractivity contribution in [3.05, 3.63) is 68.7 Å². The van der Waals surface area contributed by atoms with Crippen LogP contribution in [-0.2, 0) is 20.1 Å². The van der Waals surface area contributed by atoms with E-state index in [1.165, 1.54) is 6.20 Å². The Kier molecular flexibility index (Phi) is 9.13. The van der Waals surface area contributed by atoms with E-state index in [1.54, 1.807) is 0 Å². The average Bonchev–Trinajstić information content (AvgIpc) is 3.14. The van der Waals surface area contributed by atoms with Gasteiger partial charge in [-0.2, -0.15) is 0 Å². The van der Waals surface area contributed by atoms with Crippen molar-refractivity contribution in [2.45, 2.75) is 56.8 Å². The molecule has 0 aromatic carbocycles. The van der Waals surface area contributed by atoms with Crippen LogP contribution in [0.5, 0.6) is 0 Å². The molecule has 13 nitrogen and oxygen atoms in total. The summed E-state index contributed by atoms with van der Waals surface area (Å²) in [5.74, 6) is 0. The SMILES string of the molecule is O=c1ccn(C2OC(COP(O)OP(O)O)C(O)C2O)c(=O)n1CC1=CCCC(C2=CC=CCC2)=N1. The Morgan fingerprint density at radius 3 is 2.67 bits per heavy atom. The summed E-state index contributed by atoms with van der Waals surface area (Å²) >= 11 is 0. The molecule has 1 fully saturated rings. The van der Waals surface area contributed by atoms with Gasteiger partial charge in [0.15, 0.2) is 6.23 Å². The molecule has 15 heteroatoms. The zero-order chi connectivity index (χ0) is 25.8. The molecule has 3 aliphatic rings. The van der Waals surface area contributed by atoms with Gasteiger partial charge in [-0.1, -0.05) is 24.3 Å². The van der Waals surface area contributed by atoms with Crippen LogP contribution in [0.25, 0.3) is 0 Å². The number of aliphatic hydroxyl groups excluding tert-OH is 2. The van der Waals surface area contributed by atoms with Gasteiger partial charge in [-0.3, -0.25) is 18.9 Å². The highest BCUT2D eigenvalue weighted by molar-refractivity contribution is 7.54. The number of hydrogen-bond donors (Lipinski definition) is 5. The maximum atomic E-state index is 13.2. The smallest absolute Gasteiger partial charge is 0.337 e. The number of aromatic nitrogens is 2. The fraction of sp³-hybridized carbons (Fsp3) is 0.476. The van der Waals surface area contributed by atoms with Crippen molar-refractivity contribution >= 4 is 22.9 Å². The van der Waals surface area contributed by atoms with Crippen molar-refractivity contribution in [3.8, 4) is 0 Å². The summed E-state index contributed by atoms with van der Waals surface area (Å²) in [6.07, 6.45) is 6.91. The number of allylic oxidation sites excluding steroid dienone is 6. The van der Waals surface area contributed by atoms with Crippen LogP contribution in [0, 0.1) is 0 Å². The predicted octanol–water partition coefficient (Wildman–Crippen LogP) is 0.488. The lowest BCUT2D eigenvalue weighted by Crippen LogP contribution is -2.43. The third-order valence-corrected chi connectivity index (χ3v) is 7.46. The summed E-state index contributed by atoms with van der Waals surface area (Å²) in [7, 11) is -5.51. The van der Waals surface area contributed by atoms with Crippen LogP contribution in [0.3, 0.4) is 0 Å². The molecule has 5 atom stereocenters. The van der Waals surface area contributed by atoms with Crippen molar-refractivity contribution in [2.75, 3.05) is 6.61 Å². The van der Waals surface area contributed by atoms with Crippen molar-refractivity contribution in [1.82, 2.24) is 9.13 Å². The molecule has 3 heterocycles. The number of aliphatic imine (C=N–C) groups is 1. The van der Waals surface area contributed by atoms with Crippen molar-refractivity contribution in [1.29, 1.82) is 0 Å². The van der Waals surface area contributed by atoms with E-state index < -0.39 is 59.6 Å².